The predicted octanol–water partition coefficient (Wildman–Crippen LogP) is 20.8. The third kappa shape index (κ3) is 8.73. The van der Waals surface area contributed by atoms with Crippen LogP contribution in [0.25, 0.3) is 99.6 Å². The average molecular weight is 1100 g/mol. The van der Waals surface area contributed by atoms with Gasteiger partial charge in [-0.3, -0.25) is 4.57 Å². The summed E-state index contributed by atoms with van der Waals surface area (Å²) in [4.78, 5) is 9.02. The summed E-state index contributed by atoms with van der Waals surface area (Å²) in [6.07, 6.45) is 1.77. The van der Waals surface area contributed by atoms with Crippen molar-refractivity contribution in [2.24, 2.45) is 0 Å². The van der Waals surface area contributed by atoms with Crippen LogP contribution in [-0.2, 0) is 0 Å². The van der Waals surface area contributed by atoms with E-state index in [2.05, 4.69) is 124 Å². The second-order valence-electron chi connectivity index (χ2n) is 20.7. The molecular formula is C78H53N5O2. The van der Waals surface area contributed by atoms with Crippen LogP contribution < -0.4 is 19.3 Å². The number of hydrogen-bond acceptors (Lipinski definition) is 5. The van der Waals surface area contributed by atoms with Gasteiger partial charge in [-0.05, 0) is 95.1 Å². The molecule has 0 fully saturated rings. The fraction of sp³-hybridized carbons (Fsp3) is 0.0128. The van der Waals surface area contributed by atoms with E-state index in [0.29, 0.717) is 40.2 Å². The van der Waals surface area contributed by atoms with E-state index in [9.17, 15) is 0 Å². The van der Waals surface area contributed by atoms with Crippen molar-refractivity contribution < 1.29 is 23.2 Å². The van der Waals surface area contributed by atoms with E-state index in [1.165, 1.54) is 0 Å². The van der Waals surface area contributed by atoms with Gasteiger partial charge in [0.25, 0.3) is 0 Å². The molecule has 1 aliphatic heterocycles. The molecule has 0 radical (unpaired) electrons. The van der Waals surface area contributed by atoms with E-state index in [-0.39, 0.29) is 34.6 Å². The molecule has 0 spiro atoms. The zero-order valence-electron chi connectivity index (χ0n) is 55.4. The lowest BCUT2D eigenvalue weighted by atomic mass is 9.95. The largest absolute Gasteiger partial charge is 0.457 e. The topological polar surface area (TPSA) is 47.7 Å². The van der Waals surface area contributed by atoms with Crippen LogP contribution in [0, 0.1) is 0 Å². The highest BCUT2D eigenvalue weighted by molar-refractivity contribution is 6.12. The monoisotopic (exact) mass is 1100 g/mol. The Morgan fingerprint density at radius 3 is 1.54 bits per heavy atom. The number of rotatable bonds is 12. The molecule has 7 heteroatoms. The Bertz CT molecular complexity index is 5390. The van der Waals surface area contributed by atoms with Gasteiger partial charge in [-0.25, -0.2) is 4.98 Å². The molecule has 0 N–H and O–H groups in total. The highest BCUT2D eigenvalue weighted by atomic mass is 16.5. The SMILES string of the molecule is [2H]c1c([2H])c([2H])c(-c2cccc(-c3c([2H])c([2H])c([2H])c([2H])c3[2H])c2N2CN(c3cccc(Oc4ccc5c6cc(-n7c8ccccc8c8ccccc87)ccc6n(-c6cc(Oc7c(-c8ccccc8)cccc7-c7ccccc7)ccn6)c5c4)c3)c3ccccc32)c([2H])c1[2H]. The molecule has 15 aromatic rings. The van der Waals surface area contributed by atoms with Crippen molar-refractivity contribution >= 4 is 66.4 Å². The number of ether oxygens (including phenoxy) is 2. The Labute approximate surface area is 506 Å². The summed E-state index contributed by atoms with van der Waals surface area (Å²) in [5.41, 5.74) is 11.4. The number of nitrogens with zero attached hydrogens (tertiary/aromatic N) is 5. The summed E-state index contributed by atoms with van der Waals surface area (Å²) in [5, 5.41) is 4.26. The van der Waals surface area contributed by atoms with Crippen molar-refractivity contribution in [3.63, 3.8) is 0 Å². The van der Waals surface area contributed by atoms with Gasteiger partial charge in [0, 0.05) is 79.6 Å². The number of fused-ring (bicyclic) bond motifs is 7. The molecule has 85 heavy (non-hydrogen) atoms. The lowest BCUT2D eigenvalue weighted by Crippen LogP contribution is -2.24. The molecule has 0 saturated carbocycles. The Kier molecular flexibility index (Phi) is 9.78. The van der Waals surface area contributed by atoms with Crippen molar-refractivity contribution in [2.45, 2.75) is 0 Å². The third-order valence-electron chi connectivity index (χ3n) is 15.9. The Morgan fingerprint density at radius 2 is 0.882 bits per heavy atom. The fourth-order valence-corrected chi connectivity index (χ4v) is 12.2. The second-order valence-corrected chi connectivity index (χ2v) is 20.7. The number of benzene rings is 12. The van der Waals surface area contributed by atoms with Crippen LogP contribution in [0.5, 0.6) is 23.0 Å². The summed E-state index contributed by atoms with van der Waals surface area (Å²) in [6, 6.07) is 75.1. The van der Waals surface area contributed by atoms with Gasteiger partial charge in [-0.15, -0.1) is 0 Å². The maximum Gasteiger partial charge on any atom is 0.143 e. The van der Waals surface area contributed by atoms with Crippen LogP contribution in [0.2, 0.25) is 0 Å². The summed E-state index contributed by atoms with van der Waals surface area (Å²) >= 11 is 0. The number of hydrogen-bond donors (Lipinski definition) is 0. The average Bonchev–Trinajstić information content (AvgIpc) is 1.73. The number of para-hydroxylation sites is 6. The zero-order chi connectivity index (χ0) is 64.9. The molecule has 16 rings (SSSR count). The van der Waals surface area contributed by atoms with Crippen LogP contribution in [0.1, 0.15) is 13.7 Å². The van der Waals surface area contributed by atoms with Crippen molar-refractivity contribution in [2.75, 3.05) is 16.5 Å². The van der Waals surface area contributed by atoms with Gasteiger partial charge in [-0.2, -0.15) is 0 Å². The molecule has 4 heterocycles. The molecule has 0 saturated heterocycles. The smallest absolute Gasteiger partial charge is 0.143 e. The van der Waals surface area contributed by atoms with E-state index in [0.717, 1.165) is 77.2 Å². The van der Waals surface area contributed by atoms with E-state index in [4.69, 9.17) is 28.2 Å². The van der Waals surface area contributed by atoms with Crippen molar-refractivity contribution in [1.82, 2.24) is 14.1 Å². The van der Waals surface area contributed by atoms with Crippen LogP contribution in [0.15, 0.2) is 309 Å². The maximum atomic E-state index is 9.17. The number of aromatic nitrogens is 3. The molecular weight excluding hydrogens is 1040 g/mol. The predicted molar refractivity (Wildman–Crippen MR) is 350 cm³/mol. The normalized spacial score (nSPS) is 13.8. The molecule has 3 aromatic heterocycles. The molecule has 402 valence electrons. The zero-order valence-corrected chi connectivity index (χ0v) is 45.4. The van der Waals surface area contributed by atoms with Gasteiger partial charge in [0.2, 0.25) is 0 Å². The first kappa shape index (κ1) is 39.9. The fourth-order valence-electron chi connectivity index (χ4n) is 12.2. The molecule has 7 nitrogen and oxygen atoms in total. The Morgan fingerprint density at radius 1 is 0.341 bits per heavy atom. The first-order valence-corrected chi connectivity index (χ1v) is 28.0. The molecule has 0 aliphatic carbocycles. The van der Waals surface area contributed by atoms with Gasteiger partial charge < -0.3 is 23.8 Å². The molecule has 1 aliphatic rings. The van der Waals surface area contributed by atoms with Crippen molar-refractivity contribution in [1.29, 1.82) is 0 Å². The first-order valence-electron chi connectivity index (χ1n) is 33.0. The number of anilines is 4. The minimum atomic E-state index is -0.563. The quantitative estimate of drug-likeness (QED) is 0.122. The van der Waals surface area contributed by atoms with Gasteiger partial charge in [0.15, 0.2) is 0 Å². The van der Waals surface area contributed by atoms with E-state index in [1.54, 1.807) is 24.4 Å². The Balaban J connectivity index is 0.817. The van der Waals surface area contributed by atoms with Crippen molar-refractivity contribution in [3.05, 3.63) is 309 Å². The lowest BCUT2D eigenvalue weighted by molar-refractivity contribution is 0.483. The lowest BCUT2D eigenvalue weighted by Gasteiger charge is -2.27. The highest BCUT2D eigenvalue weighted by Gasteiger charge is 2.32. The molecule has 0 amide bonds. The molecule has 12 aromatic carbocycles. The van der Waals surface area contributed by atoms with Crippen LogP contribution in [0.3, 0.4) is 0 Å². The molecule has 0 bridgehead atoms. The number of pyridine rings is 1. The van der Waals surface area contributed by atoms with Crippen molar-refractivity contribution in [3.8, 4) is 79.0 Å². The van der Waals surface area contributed by atoms with Crippen LogP contribution in [-0.4, -0.2) is 20.8 Å². The third-order valence-corrected chi connectivity index (χ3v) is 15.9. The Hall–Kier alpha value is -11.4. The van der Waals surface area contributed by atoms with E-state index >= 15 is 0 Å². The molecule has 0 unspecified atom stereocenters. The van der Waals surface area contributed by atoms with Gasteiger partial charge in [-0.1, -0.05) is 212 Å². The van der Waals surface area contributed by atoms with E-state index in [1.807, 2.05) is 119 Å². The van der Waals surface area contributed by atoms with Gasteiger partial charge >= 0.3 is 0 Å². The van der Waals surface area contributed by atoms with Crippen LogP contribution >= 0.6 is 0 Å². The summed E-state index contributed by atoms with van der Waals surface area (Å²) in [5.74, 6) is 2.95. The standard InChI is InChI=1S/C78H53N5O2/c1-5-22-53(23-6-1)62-34-20-35-63(54-24-7-2-8-25-54)77(62)81-52-80(73-40-17-18-41-74(73)81)57-30-19-31-59(48-57)84-60-43-44-68-69-49-58(82-70-38-15-13-32-66(70)67-33-14-16-39-71(67)82)42-45-72(69)83(75(68)50-60)76-51-61(46-47-79-76)85-78-64(55-26-9-3-10-27-55)36-21-37-65(78)56-28-11-4-12-29-56/h1-51H,52H2/i1D,2D,5D,6D,7D,8D,22D,23D,24D,25D. The second kappa shape index (κ2) is 20.8. The summed E-state index contributed by atoms with van der Waals surface area (Å²) < 4.78 is 107. The first-order chi connectivity index (χ1) is 46.3. The van der Waals surface area contributed by atoms with Gasteiger partial charge in [0.05, 0.1) is 52.8 Å². The minimum absolute atomic E-state index is 0.0773. The van der Waals surface area contributed by atoms with Crippen LogP contribution in [0.4, 0.5) is 22.7 Å². The highest BCUT2D eigenvalue weighted by Crippen LogP contribution is 2.51. The summed E-state index contributed by atoms with van der Waals surface area (Å²) in [6.45, 7) is 0.0773. The summed E-state index contributed by atoms with van der Waals surface area (Å²) in [7, 11) is 0. The minimum Gasteiger partial charge on any atom is -0.457 e. The molecule has 0 atom stereocenters. The van der Waals surface area contributed by atoms with Gasteiger partial charge in [0.1, 0.15) is 35.5 Å². The van der Waals surface area contributed by atoms with E-state index < -0.39 is 60.4 Å². The maximum absolute atomic E-state index is 9.17.